The lowest BCUT2D eigenvalue weighted by atomic mass is 9.98. The van der Waals surface area contributed by atoms with Crippen LogP contribution in [-0.4, -0.2) is 39.1 Å². The summed E-state index contributed by atoms with van der Waals surface area (Å²) in [6.07, 6.45) is -1.80. The first-order chi connectivity index (χ1) is 13.3. The normalized spacial score (nSPS) is 15.6. The molecule has 0 bridgehead atoms. The van der Waals surface area contributed by atoms with Crippen LogP contribution >= 0.6 is 11.8 Å². The second-order valence-corrected chi connectivity index (χ2v) is 8.05. The van der Waals surface area contributed by atoms with Gasteiger partial charge in [-0.05, 0) is 42.8 Å². The van der Waals surface area contributed by atoms with E-state index in [0.29, 0.717) is 24.1 Å². The van der Waals surface area contributed by atoms with Crippen molar-refractivity contribution in [3.8, 4) is 0 Å². The molecule has 0 aliphatic carbocycles. The quantitative estimate of drug-likeness (QED) is 0.693. The molecule has 4 nitrogen and oxygen atoms in total. The number of hydrogen-bond donors (Lipinski definition) is 1. The summed E-state index contributed by atoms with van der Waals surface area (Å²) in [4.78, 5) is 14.2. The van der Waals surface area contributed by atoms with Crippen molar-refractivity contribution < 1.29 is 22.4 Å². The third-order valence-electron chi connectivity index (χ3n) is 4.85. The van der Waals surface area contributed by atoms with Gasteiger partial charge in [-0.15, -0.1) is 0 Å². The van der Waals surface area contributed by atoms with Crippen molar-refractivity contribution in [1.82, 2.24) is 15.1 Å². The highest BCUT2D eigenvalue weighted by Crippen LogP contribution is 2.29. The summed E-state index contributed by atoms with van der Waals surface area (Å²) in [6, 6.07) is 6.79. The molecule has 0 atom stereocenters. The van der Waals surface area contributed by atoms with E-state index in [9.17, 15) is 22.4 Å². The molecule has 152 valence electrons. The maximum atomic E-state index is 14.1. The Balaban J connectivity index is 1.76. The molecule has 3 rings (SSSR count). The summed E-state index contributed by atoms with van der Waals surface area (Å²) in [5, 5.41) is 5.36. The summed E-state index contributed by atoms with van der Waals surface area (Å²) < 4.78 is 52.5. The number of aromatic nitrogens is 2. The molecule has 0 spiro atoms. The number of aromatic amines is 1. The predicted molar refractivity (Wildman–Crippen MR) is 99.4 cm³/mol. The van der Waals surface area contributed by atoms with Gasteiger partial charge in [0, 0.05) is 24.7 Å². The molecule has 1 N–H and O–H groups in total. The number of H-pyrrole nitrogens is 1. The maximum Gasteiger partial charge on any atom is 0.435 e. The van der Waals surface area contributed by atoms with Gasteiger partial charge in [-0.25, -0.2) is 4.39 Å². The van der Waals surface area contributed by atoms with Gasteiger partial charge in [0.2, 0.25) is 0 Å². The Morgan fingerprint density at radius 3 is 2.61 bits per heavy atom. The lowest BCUT2D eigenvalue weighted by molar-refractivity contribution is -0.141. The van der Waals surface area contributed by atoms with Crippen LogP contribution in [0.5, 0.6) is 0 Å². The number of carbonyl (C=O) groups is 1. The Kier molecular flexibility index (Phi) is 6.64. The molecular formula is C19H21F4N3OS. The van der Waals surface area contributed by atoms with Gasteiger partial charge in [-0.1, -0.05) is 18.2 Å². The fraction of sp³-hybridized carbons (Fsp3) is 0.474. The highest BCUT2D eigenvalue weighted by atomic mass is 32.2. The van der Waals surface area contributed by atoms with E-state index in [4.69, 9.17) is 0 Å². The minimum atomic E-state index is -4.63. The van der Waals surface area contributed by atoms with Crippen molar-refractivity contribution >= 4 is 17.7 Å². The molecule has 0 unspecified atom stereocenters. The van der Waals surface area contributed by atoms with Gasteiger partial charge in [0.25, 0.3) is 5.91 Å². The van der Waals surface area contributed by atoms with E-state index in [-0.39, 0.29) is 12.2 Å². The van der Waals surface area contributed by atoms with Gasteiger partial charge in [-0.3, -0.25) is 9.89 Å². The van der Waals surface area contributed by atoms with Gasteiger partial charge < -0.3 is 4.90 Å². The molecule has 1 aliphatic heterocycles. The fourth-order valence-corrected chi connectivity index (χ4v) is 4.41. The van der Waals surface area contributed by atoms with Crippen molar-refractivity contribution in [2.75, 3.05) is 18.1 Å². The van der Waals surface area contributed by atoms with Gasteiger partial charge in [0.05, 0.1) is 0 Å². The number of thioether (sulfide) groups is 1. The molecule has 1 aliphatic rings. The van der Waals surface area contributed by atoms with Crippen molar-refractivity contribution in [2.24, 2.45) is 5.92 Å². The average molecular weight is 415 g/mol. The van der Waals surface area contributed by atoms with Gasteiger partial charge >= 0.3 is 6.18 Å². The summed E-state index contributed by atoms with van der Waals surface area (Å²) in [6.45, 7) is 0.343. The second-order valence-electron chi connectivity index (χ2n) is 6.83. The number of benzene rings is 1. The van der Waals surface area contributed by atoms with Crippen LogP contribution in [0.1, 0.15) is 41.0 Å². The number of hydrogen-bond acceptors (Lipinski definition) is 3. The van der Waals surface area contributed by atoms with E-state index in [2.05, 4.69) is 10.2 Å². The van der Waals surface area contributed by atoms with Gasteiger partial charge in [-0.2, -0.15) is 30.0 Å². The molecule has 1 aromatic carbocycles. The molecule has 2 aromatic rings. The zero-order valence-electron chi connectivity index (χ0n) is 15.1. The topological polar surface area (TPSA) is 49.0 Å². The van der Waals surface area contributed by atoms with Gasteiger partial charge in [0.1, 0.15) is 11.5 Å². The summed E-state index contributed by atoms with van der Waals surface area (Å²) >= 11 is 1.90. The molecule has 1 saturated heterocycles. The summed E-state index contributed by atoms with van der Waals surface area (Å²) in [7, 11) is 0. The first-order valence-electron chi connectivity index (χ1n) is 9.07. The molecule has 0 saturated carbocycles. The van der Waals surface area contributed by atoms with Gasteiger partial charge in [0.15, 0.2) is 5.69 Å². The second kappa shape index (κ2) is 8.98. The molecule has 0 radical (unpaired) electrons. The molecule has 2 heterocycles. The number of alkyl halides is 3. The van der Waals surface area contributed by atoms with Crippen LogP contribution in [0, 0.1) is 11.7 Å². The van der Waals surface area contributed by atoms with Crippen LogP contribution in [0.3, 0.4) is 0 Å². The third-order valence-corrected chi connectivity index (χ3v) is 5.90. The number of carbonyl (C=O) groups excluding carboxylic acids is 1. The predicted octanol–water partition coefficient (Wildman–Crippen LogP) is 4.74. The Morgan fingerprint density at radius 2 is 1.96 bits per heavy atom. The van der Waals surface area contributed by atoms with E-state index in [1.807, 2.05) is 11.8 Å². The zero-order chi connectivity index (χ0) is 20.1. The number of amides is 1. The molecule has 1 aromatic heterocycles. The van der Waals surface area contributed by atoms with Crippen LogP contribution in [0.25, 0.3) is 0 Å². The standard InChI is InChI=1S/C19H21F4N3OS/c20-15-4-2-1-3-14(15)12-26(8-5-13-6-9-28-10-7-13)18(27)16-11-17(25-24-16)19(21,22)23/h1-4,11,13H,5-10,12H2,(H,24,25). The van der Waals surface area contributed by atoms with E-state index >= 15 is 0 Å². The van der Waals surface area contributed by atoms with E-state index in [1.165, 1.54) is 11.0 Å². The van der Waals surface area contributed by atoms with Crippen LogP contribution in [0.2, 0.25) is 0 Å². The third kappa shape index (κ3) is 5.27. The van der Waals surface area contributed by atoms with Crippen LogP contribution < -0.4 is 0 Å². The van der Waals surface area contributed by atoms with Crippen molar-refractivity contribution in [3.05, 3.63) is 53.1 Å². The Bertz CT molecular complexity index is 802. The smallest absolute Gasteiger partial charge is 0.333 e. The molecule has 1 fully saturated rings. The monoisotopic (exact) mass is 415 g/mol. The first kappa shape index (κ1) is 20.7. The highest BCUT2D eigenvalue weighted by Gasteiger charge is 2.35. The Hall–Kier alpha value is -2.03. The highest BCUT2D eigenvalue weighted by molar-refractivity contribution is 7.99. The van der Waals surface area contributed by atoms with Crippen molar-refractivity contribution in [1.29, 1.82) is 0 Å². The van der Waals surface area contributed by atoms with E-state index < -0.39 is 23.6 Å². The molecule has 1 amide bonds. The molecule has 28 heavy (non-hydrogen) atoms. The Morgan fingerprint density at radius 1 is 1.25 bits per heavy atom. The van der Waals surface area contributed by atoms with Crippen molar-refractivity contribution in [2.45, 2.75) is 32.0 Å². The number of nitrogens with one attached hydrogen (secondary N) is 1. The zero-order valence-corrected chi connectivity index (χ0v) is 16.0. The minimum Gasteiger partial charge on any atom is -0.333 e. The summed E-state index contributed by atoms with van der Waals surface area (Å²) in [5.41, 5.74) is -1.07. The lowest BCUT2D eigenvalue weighted by Crippen LogP contribution is -2.33. The minimum absolute atomic E-state index is 0.00660. The summed E-state index contributed by atoms with van der Waals surface area (Å²) in [5.74, 6) is 1.54. The van der Waals surface area contributed by atoms with E-state index in [1.54, 1.807) is 18.2 Å². The maximum absolute atomic E-state index is 14.1. The van der Waals surface area contributed by atoms with Crippen molar-refractivity contribution in [3.63, 3.8) is 0 Å². The number of rotatable bonds is 6. The largest absolute Gasteiger partial charge is 0.435 e. The Labute approximate surface area is 164 Å². The van der Waals surface area contributed by atoms with E-state index in [0.717, 1.165) is 30.8 Å². The number of nitrogens with zero attached hydrogens (tertiary/aromatic N) is 2. The molecular weight excluding hydrogens is 394 g/mol. The SMILES string of the molecule is O=C(c1cc(C(F)(F)F)n[nH]1)N(CCC1CCSCC1)Cc1ccccc1F. The first-order valence-corrected chi connectivity index (χ1v) is 10.2. The number of halogens is 4. The van der Waals surface area contributed by atoms with Crippen LogP contribution in [0.4, 0.5) is 17.6 Å². The molecule has 9 heteroatoms. The van der Waals surface area contributed by atoms with Crippen LogP contribution in [0.15, 0.2) is 30.3 Å². The average Bonchev–Trinajstić information content (AvgIpc) is 3.17. The fourth-order valence-electron chi connectivity index (χ4n) is 3.20. The van der Waals surface area contributed by atoms with Crippen LogP contribution in [-0.2, 0) is 12.7 Å². The lowest BCUT2D eigenvalue weighted by Gasteiger charge is -2.27.